The Bertz CT molecular complexity index is 1910. The lowest BCUT2D eigenvalue weighted by Gasteiger charge is -2.26. The Morgan fingerprint density at radius 1 is 0.283 bits per heavy atom. The molecular weight excluding hydrogens is 556 g/mol. The third kappa shape index (κ3) is 6.20. The minimum absolute atomic E-state index is 1.11. The van der Waals surface area contributed by atoms with Gasteiger partial charge in [-0.05, 0) is 101 Å². The fourth-order valence-electron chi connectivity index (χ4n) is 5.91. The lowest BCUT2D eigenvalue weighted by Crippen LogP contribution is -2.10. The number of hydrogen-bond donors (Lipinski definition) is 0. The van der Waals surface area contributed by atoms with Crippen LogP contribution in [0, 0.1) is 6.92 Å². The molecule has 7 aromatic rings. The van der Waals surface area contributed by atoms with Crippen molar-refractivity contribution in [3.8, 4) is 33.4 Å². The van der Waals surface area contributed by atoms with E-state index in [0.717, 1.165) is 22.7 Å². The first-order valence-electron chi connectivity index (χ1n) is 15.7. The van der Waals surface area contributed by atoms with Gasteiger partial charge in [0, 0.05) is 35.5 Å². The first-order chi connectivity index (χ1) is 22.6. The summed E-state index contributed by atoms with van der Waals surface area (Å²) in [6.45, 7) is 2.12. The molecule has 0 unspecified atom stereocenters. The van der Waals surface area contributed by atoms with Crippen molar-refractivity contribution >= 4 is 28.4 Å². The molecule has 222 valence electrons. The summed E-state index contributed by atoms with van der Waals surface area (Å²) >= 11 is 0. The third-order valence-electron chi connectivity index (χ3n) is 8.60. The van der Waals surface area contributed by atoms with Gasteiger partial charge in [-0.2, -0.15) is 0 Å². The minimum atomic E-state index is 1.11. The molecular formula is C44H36N2. The molecule has 0 aliphatic rings. The van der Waals surface area contributed by atoms with Crippen LogP contribution in [0.3, 0.4) is 0 Å². The Labute approximate surface area is 272 Å². The predicted molar refractivity (Wildman–Crippen MR) is 197 cm³/mol. The number of nitrogens with zero attached hydrogens (tertiary/aromatic N) is 2. The highest BCUT2D eigenvalue weighted by atomic mass is 15.1. The van der Waals surface area contributed by atoms with Gasteiger partial charge >= 0.3 is 0 Å². The first-order valence-corrected chi connectivity index (χ1v) is 15.7. The van der Waals surface area contributed by atoms with E-state index in [1.807, 2.05) is 0 Å². The summed E-state index contributed by atoms with van der Waals surface area (Å²) in [5, 5.41) is 0. The zero-order valence-electron chi connectivity index (χ0n) is 26.2. The number of hydrogen-bond acceptors (Lipinski definition) is 2. The molecule has 2 heteroatoms. The average Bonchev–Trinajstić information content (AvgIpc) is 3.13. The third-order valence-corrected chi connectivity index (χ3v) is 8.60. The highest BCUT2D eigenvalue weighted by Crippen LogP contribution is 2.38. The van der Waals surface area contributed by atoms with Crippen LogP contribution < -0.4 is 9.80 Å². The second kappa shape index (κ2) is 13.0. The summed E-state index contributed by atoms with van der Waals surface area (Å²) in [5.74, 6) is 0. The van der Waals surface area contributed by atoms with Crippen molar-refractivity contribution in [1.29, 1.82) is 0 Å². The molecule has 0 atom stereocenters. The van der Waals surface area contributed by atoms with Gasteiger partial charge in [-0.15, -0.1) is 0 Å². The maximum Gasteiger partial charge on any atom is 0.0462 e. The molecule has 0 saturated carbocycles. The Balaban J connectivity index is 1.19. The first kappa shape index (κ1) is 28.9. The molecule has 7 aromatic carbocycles. The lowest BCUT2D eigenvalue weighted by molar-refractivity contribution is 1.20. The molecule has 0 saturated heterocycles. The number of anilines is 5. The van der Waals surface area contributed by atoms with Crippen molar-refractivity contribution in [3.05, 3.63) is 188 Å². The van der Waals surface area contributed by atoms with Gasteiger partial charge in [-0.25, -0.2) is 0 Å². The Morgan fingerprint density at radius 2 is 0.543 bits per heavy atom. The maximum atomic E-state index is 2.33. The topological polar surface area (TPSA) is 6.48 Å². The molecule has 2 nitrogen and oxygen atoms in total. The van der Waals surface area contributed by atoms with E-state index in [0.29, 0.717) is 0 Å². The van der Waals surface area contributed by atoms with Crippen LogP contribution in [0.1, 0.15) is 5.56 Å². The molecule has 0 amide bonds. The summed E-state index contributed by atoms with van der Waals surface area (Å²) in [5.41, 5.74) is 14.2. The van der Waals surface area contributed by atoms with Crippen LogP contribution in [0.25, 0.3) is 33.4 Å². The van der Waals surface area contributed by atoms with Crippen LogP contribution in [0.15, 0.2) is 182 Å². The highest BCUT2D eigenvalue weighted by Gasteiger charge is 2.14. The number of rotatable bonds is 8. The van der Waals surface area contributed by atoms with Gasteiger partial charge in [0.1, 0.15) is 0 Å². The molecule has 0 aliphatic heterocycles. The summed E-state index contributed by atoms with van der Waals surface area (Å²) in [4.78, 5) is 4.54. The van der Waals surface area contributed by atoms with Crippen molar-refractivity contribution < 1.29 is 0 Å². The van der Waals surface area contributed by atoms with Crippen molar-refractivity contribution in [2.75, 3.05) is 16.8 Å². The molecule has 0 spiro atoms. The molecule has 0 aromatic heterocycles. The van der Waals surface area contributed by atoms with Crippen LogP contribution in [0.4, 0.5) is 28.4 Å². The van der Waals surface area contributed by atoms with Crippen molar-refractivity contribution in [3.63, 3.8) is 0 Å². The smallest absolute Gasteiger partial charge is 0.0462 e. The van der Waals surface area contributed by atoms with E-state index in [2.05, 4.69) is 206 Å². The second-order valence-electron chi connectivity index (χ2n) is 11.6. The second-order valence-corrected chi connectivity index (χ2v) is 11.6. The van der Waals surface area contributed by atoms with Gasteiger partial charge in [-0.1, -0.05) is 127 Å². The molecule has 0 fully saturated rings. The zero-order valence-corrected chi connectivity index (χ0v) is 26.2. The van der Waals surface area contributed by atoms with E-state index in [-0.39, 0.29) is 0 Å². The van der Waals surface area contributed by atoms with Gasteiger partial charge in [0.15, 0.2) is 0 Å². The summed E-state index contributed by atoms with van der Waals surface area (Å²) in [6, 6.07) is 65.1. The van der Waals surface area contributed by atoms with Gasteiger partial charge in [0.25, 0.3) is 0 Å². The molecule has 0 bridgehead atoms. The molecule has 0 N–H and O–H groups in total. The van der Waals surface area contributed by atoms with Crippen molar-refractivity contribution in [1.82, 2.24) is 0 Å². The van der Waals surface area contributed by atoms with Crippen LogP contribution >= 0.6 is 0 Å². The van der Waals surface area contributed by atoms with Crippen LogP contribution in [0.2, 0.25) is 0 Å². The SMILES string of the molecule is Cc1ccc(N(C)c2ccc(-c3ccc(N(c4ccc(-c5ccccc5)cc4)c4ccc(-c5ccccc5)cc4)cc3)cc2)cc1. The van der Waals surface area contributed by atoms with Gasteiger partial charge in [0.2, 0.25) is 0 Å². The summed E-state index contributed by atoms with van der Waals surface area (Å²) in [6.07, 6.45) is 0. The van der Waals surface area contributed by atoms with E-state index >= 15 is 0 Å². The fraction of sp³-hybridized carbons (Fsp3) is 0.0455. The lowest BCUT2D eigenvalue weighted by atomic mass is 10.0. The minimum Gasteiger partial charge on any atom is -0.345 e. The normalized spacial score (nSPS) is 10.8. The fourth-order valence-corrected chi connectivity index (χ4v) is 5.91. The standard InChI is InChI=1S/C44H36N2/c1-33-13-23-40(24-14-33)45(2)41-25-15-38(16-26-41)39-21-31-44(32-22-39)46(42-27-17-36(18-28-42)34-9-5-3-6-10-34)43-29-19-37(20-30-43)35-11-7-4-8-12-35/h3-32H,1-2H3. The predicted octanol–water partition coefficient (Wildman–Crippen LogP) is 12.2. The maximum absolute atomic E-state index is 2.33. The van der Waals surface area contributed by atoms with E-state index < -0.39 is 0 Å². The van der Waals surface area contributed by atoms with E-state index in [4.69, 9.17) is 0 Å². The molecule has 0 aliphatic carbocycles. The average molecular weight is 593 g/mol. The number of aryl methyl sites for hydroxylation is 1. The van der Waals surface area contributed by atoms with E-state index in [9.17, 15) is 0 Å². The molecule has 46 heavy (non-hydrogen) atoms. The molecule has 0 radical (unpaired) electrons. The Hall–Kier alpha value is -5.86. The van der Waals surface area contributed by atoms with Crippen molar-refractivity contribution in [2.24, 2.45) is 0 Å². The van der Waals surface area contributed by atoms with Crippen LogP contribution in [-0.2, 0) is 0 Å². The summed E-state index contributed by atoms with van der Waals surface area (Å²) < 4.78 is 0. The van der Waals surface area contributed by atoms with Gasteiger partial charge in [0.05, 0.1) is 0 Å². The van der Waals surface area contributed by atoms with Gasteiger partial charge in [-0.3, -0.25) is 0 Å². The van der Waals surface area contributed by atoms with Gasteiger partial charge < -0.3 is 9.80 Å². The van der Waals surface area contributed by atoms with Crippen LogP contribution in [-0.4, -0.2) is 7.05 Å². The Morgan fingerprint density at radius 3 is 0.870 bits per heavy atom. The van der Waals surface area contributed by atoms with Crippen molar-refractivity contribution in [2.45, 2.75) is 6.92 Å². The Kier molecular flexibility index (Phi) is 8.17. The number of benzene rings is 7. The zero-order chi connectivity index (χ0) is 31.3. The molecule has 7 rings (SSSR count). The van der Waals surface area contributed by atoms with E-state index in [1.165, 1.54) is 44.6 Å². The highest BCUT2D eigenvalue weighted by molar-refractivity contribution is 5.81. The largest absolute Gasteiger partial charge is 0.345 e. The van der Waals surface area contributed by atoms with Crippen LogP contribution in [0.5, 0.6) is 0 Å². The summed E-state index contributed by atoms with van der Waals surface area (Å²) in [7, 11) is 2.11. The van der Waals surface area contributed by atoms with E-state index in [1.54, 1.807) is 0 Å². The monoisotopic (exact) mass is 592 g/mol. The quantitative estimate of drug-likeness (QED) is 0.173. The molecule has 0 heterocycles.